The minimum Gasteiger partial charge on any atom is -0.508 e. The molecule has 2 fully saturated rings. The number of carbonyl (C=O) groups excluding carboxylic acids is 2. The molecule has 2 amide bonds. The Bertz CT molecular complexity index is 1480. The van der Waals surface area contributed by atoms with Gasteiger partial charge in [-0.1, -0.05) is 47.6 Å². The van der Waals surface area contributed by atoms with E-state index in [-0.39, 0.29) is 32.4 Å². The lowest BCUT2D eigenvalue weighted by atomic mass is 10.0. The molecule has 11 heteroatoms. The first-order chi connectivity index (χ1) is 20.2. The van der Waals surface area contributed by atoms with E-state index in [1.165, 1.54) is 0 Å². The van der Waals surface area contributed by atoms with E-state index in [9.17, 15) is 14.7 Å². The molecule has 1 N–H and O–H groups in total. The highest BCUT2D eigenvalue weighted by molar-refractivity contribution is 6.29. The molecule has 240 valence electrons. The average Bonchev–Trinajstić information content (AvgIpc) is 3.65. The fourth-order valence-corrected chi connectivity index (χ4v) is 6.55. The van der Waals surface area contributed by atoms with Crippen LogP contribution < -0.4 is 0 Å². The number of imidazole rings is 2. The van der Waals surface area contributed by atoms with Gasteiger partial charge >= 0.3 is 0 Å². The number of phenols is 1. The average molecular weight is 646 g/mol. The Labute approximate surface area is 270 Å². The topological polar surface area (TPSA) is 96.5 Å². The van der Waals surface area contributed by atoms with Crippen molar-refractivity contribution in [2.75, 3.05) is 13.1 Å². The van der Waals surface area contributed by atoms with Crippen molar-refractivity contribution in [3.63, 3.8) is 0 Å². The van der Waals surface area contributed by atoms with Crippen LogP contribution in [0.1, 0.15) is 72.8 Å². The Morgan fingerprint density at radius 1 is 0.773 bits per heavy atom. The molecule has 0 aliphatic carbocycles. The molecule has 2 aromatic carbocycles. The van der Waals surface area contributed by atoms with Crippen molar-refractivity contribution < 1.29 is 14.7 Å². The van der Waals surface area contributed by atoms with Crippen molar-refractivity contribution in [3.05, 3.63) is 52.5 Å². The fraction of sp³-hybridized carbons (Fsp3) is 0.515. The standard InChI is InChI=1S/C16H20ClN3O.C15H18ClN3O2.2CH4/c1-3-4-12-8-15(21)19(9-12)10-20-14-7-11(2)5-6-13(14)18-16(20)17;1-2-3-10-6-14(21)18(8-10)9-19-13-7-11(20)4-5-12(13)17-15(19)16;;/h5-7,12H,3-4,8-10H2,1-2H3;4-5,7,10,20H,2-3,6,8-9H2,1H3;2*1H4. The van der Waals surface area contributed by atoms with Crippen molar-refractivity contribution in [2.45, 2.75) is 87.5 Å². The van der Waals surface area contributed by atoms with Crippen LogP contribution in [0.15, 0.2) is 36.4 Å². The highest BCUT2D eigenvalue weighted by Gasteiger charge is 2.30. The smallest absolute Gasteiger partial charge is 0.224 e. The van der Waals surface area contributed by atoms with Crippen LogP contribution in [0.25, 0.3) is 22.1 Å². The lowest BCUT2D eigenvalue weighted by Gasteiger charge is -2.18. The van der Waals surface area contributed by atoms with Crippen LogP contribution in [0, 0.1) is 18.8 Å². The Balaban J connectivity index is 0.000000230. The Kier molecular flexibility index (Phi) is 12.1. The second kappa shape index (κ2) is 15.1. The summed E-state index contributed by atoms with van der Waals surface area (Å²) in [5.74, 6) is 1.46. The molecule has 4 heterocycles. The molecule has 2 unspecified atom stereocenters. The molecule has 0 saturated carbocycles. The second-order valence-electron chi connectivity index (χ2n) is 11.5. The van der Waals surface area contributed by atoms with Gasteiger partial charge in [-0.3, -0.25) is 18.7 Å². The largest absolute Gasteiger partial charge is 0.508 e. The first kappa shape index (κ1) is 35.2. The molecule has 2 atom stereocenters. The molecule has 0 bridgehead atoms. The number of phenolic OH excluding ortho intramolecular Hbond substituents is 1. The van der Waals surface area contributed by atoms with Gasteiger partial charge in [0.1, 0.15) is 19.1 Å². The predicted molar refractivity (Wildman–Crippen MR) is 179 cm³/mol. The van der Waals surface area contributed by atoms with Crippen LogP contribution in [-0.4, -0.2) is 58.9 Å². The number of nitrogens with zero attached hydrogens (tertiary/aromatic N) is 6. The molecule has 2 aliphatic heterocycles. The van der Waals surface area contributed by atoms with Crippen molar-refractivity contribution in [3.8, 4) is 5.75 Å². The fourth-order valence-electron chi connectivity index (χ4n) is 6.08. The van der Waals surface area contributed by atoms with E-state index < -0.39 is 0 Å². The summed E-state index contributed by atoms with van der Waals surface area (Å²) in [6, 6.07) is 11.0. The van der Waals surface area contributed by atoms with Crippen LogP contribution in [0.3, 0.4) is 0 Å². The van der Waals surface area contributed by atoms with Gasteiger partial charge in [-0.25, -0.2) is 9.97 Å². The van der Waals surface area contributed by atoms with Crippen molar-refractivity contribution in [1.29, 1.82) is 0 Å². The van der Waals surface area contributed by atoms with Gasteiger partial charge in [0.15, 0.2) is 0 Å². The first-order valence-corrected chi connectivity index (χ1v) is 15.4. The van der Waals surface area contributed by atoms with Crippen LogP contribution in [-0.2, 0) is 22.9 Å². The molecule has 6 rings (SSSR count). The van der Waals surface area contributed by atoms with Gasteiger partial charge in [-0.05, 0) is 84.6 Å². The molecule has 2 aliphatic rings. The van der Waals surface area contributed by atoms with E-state index in [1.54, 1.807) is 22.8 Å². The molecule has 2 aromatic heterocycles. The number of aromatic nitrogens is 4. The quantitative estimate of drug-likeness (QED) is 0.210. The van der Waals surface area contributed by atoms with Crippen LogP contribution in [0.4, 0.5) is 0 Å². The van der Waals surface area contributed by atoms with Crippen LogP contribution in [0.5, 0.6) is 5.75 Å². The lowest BCUT2D eigenvalue weighted by Crippen LogP contribution is -2.28. The summed E-state index contributed by atoms with van der Waals surface area (Å²) < 4.78 is 3.69. The zero-order chi connectivity index (χ0) is 30.0. The number of rotatable bonds is 8. The van der Waals surface area contributed by atoms with Crippen LogP contribution in [0.2, 0.25) is 10.6 Å². The summed E-state index contributed by atoms with van der Waals surface area (Å²) in [6.07, 6.45) is 5.68. The maximum Gasteiger partial charge on any atom is 0.224 e. The van der Waals surface area contributed by atoms with Gasteiger partial charge in [-0.15, -0.1) is 0 Å². The number of carbonyl (C=O) groups is 2. The minimum absolute atomic E-state index is 0. The van der Waals surface area contributed by atoms with Crippen molar-refractivity contribution >= 4 is 57.1 Å². The SMILES string of the molecule is C.C.CCCC1CC(=O)N(Cn2c(Cl)nc3ccc(C)cc32)C1.CCCC1CC(=O)N(Cn2c(Cl)nc3ccc(O)cc32)C1. The lowest BCUT2D eigenvalue weighted by molar-refractivity contribution is -0.129. The summed E-state index contributed by atoms with van der Waals surface area (Å²) in [5.41, 5.74) is 4.49. The minimum atomic E-state index is 0. The number of amides is 2. The van der Waals surface area contributed by atoms with Gasteiger partial charge in [-0.2, -0.15) is 0 Å². The third-order valence-corrected chi connectivity index (χ3v) is 8.73. The van der Waals surface area contributed by atoms with Gasteiger partial charge in [0.2, 0.25) is 22.4 Å². The third-order valence-electron chi connectivity index (χ3n) is 8.15. The summed E-state index contributed by atoms with van der Waals surface area (Å²) in [5, 5.41) is 10.4. The zero-order valence-corrected chi connectivity index (χ0v) is 25.9. The van der Waals surface area contributed by atoms with E-state index in [2.05, 4.69) is 29.9 Å². The number of aromatic hydroxyl groups is 1. The number of hydrogen-bond donors (Lipinski definition) is 1. The molecular weight excluding hydrogens is 599 g/mol. The maximum absolute atomic E-state index is 12.1. The number of fused-ring (bicyclic) bond motifs is 2. The number of benzene rings is 2. The highest BCUT2D eigenvalue weighted by atomic mass is 35.5. The van der Waals surface area contributed by atoms with Crippen molar-refractivity contribution in [1.82, 2.24) is 28.9 Å². The van der Waals surface area contributed by atoms with Crippen LogP contribution >= 0.6 is 23.2 Å². The summed E-state index contributed by atoms with van der Waals surface area (Å²) >= 11 is 12.4. The van der Waals surface area contributed by atoms with Gasteiger partial charge in [0.25, 0.3) is 0 Å². The molecule has 4 aromatic rings. The van der Waals surface area contributed by atoms with E-state index in [0.717, 1.165) is 66.4 Å². The van der Waals surface area contributed by atoms with E-state index >= 15 is 0 Å². The Morgan fingerprint density at radius 2 is 1.23 bits per heavy atom. The second-order valence-corrected chi connectivity index (χ2v) is 12.2. The molecule has 2 saturated heterocycles. The number of hydrogen-bond acceptors (Lipinski definition) is 5. The van der Waals surface area contributed by atoms with Crippen molar-refractivity contribution in [2.24, 2.45) is 11.8 Å². The van der Waals surface area contributed by atoms with E-state index in [1.807, 2.05) is 33.4 Å². The Hall–Kier alpha value is -3.30. The first-order valence-electron chi connectivity index (χ1n) is 14.7. The number of likely N-dealkylation sites (tertiary alicyclic amines) is 2. The third kappa shape index (κ3) is 7.67. The highest BCUT2D eigenvalue weighted by Crippen LogP contribution is 2.28. The van der Waals surface area contributed by atoms with Gasteiger partial charge in [0.05, 0.1) is 22.1 Å². The monoisotopic (exact) mass is 644 g/mol. The number of halogens is 2. The molecule has 9 nitrogen and oxygen atoms in total. The maximum atomic E-state index is 12.1. The zero-order valence-electron chi connectivity index (χ0n) is 24.4. The number of aryl methyl sites for hydroxylation is 1. The molecule has 44 heavy (non-hydrogen) atoms. The Morgan fingerprint density at radius 3 is 1.70 bits per heavy atom. The molecule has 0 spiro atoms. The van der Waals surface area contributed by atoms with Gasteiger partial charge in [0, 0.05) is 32.0 Å². The summed E-state index contributed by atoms with van der Waals surface area (Å²) in [6.45, 7) is 8.82. The van der Waals surface area contributed by atoms with Gasteiger partial charge < -0.3 is 14.9 Å². The normalized spacial score (nSPS) is 18.0. The van der Waals surface area contributed by atoms with E-state index in [4.69, 9.17) is 23.2 Å². The molecule has 0 radical (unpaired) electrons. The summed E-state index contributed by atoms with van der Waals surface area (Å²) in [4.78, 5) is 36.6. The van der Waals surface area contributed by atoms with E-state index in [0.29, 0.717) is 48.6 Å². The molecular formula is C33H46Cl2N6O3. The predicted octanol–water partition coefficient (Wildman–Crippen LogP) is 7.88. The summed E-state index contributed by atoms with van der Waals surface area (Å²) in [7, 11) is 0.